The van der Waals surface area contributed by atoms with Crippen molar-refractivity contribution >= 4 is 23.3 Å². The van der Waals surface area contributed by atoms with Crippen molar-refractivity contribution in [2.24, 2.45) is 0 Å². The van der Waals surface area contributed by atoms with Crippen LogP contribution in [-0.2, 0) is 13.1 Å². The van der Waals surface area contributed by atoms with E-state index in [1.54, 1.807) is 0 Å². The zero-order valence-electron chi connectivity index (χ0n) is 10.9. The molecule has 1 N–H and O–H groups in total. The van der Waals surface area contributed by atoms with Gasteiger partial charge in [0, 0.05) is 36.2 Å². The van der Waals surface area contributed by atoms with Gasteiger partial charge in [-0.1, -0.05) is 25.1 Å². The molecule has 1 aromatic carbocycles. The molecule has 1 saturated carbocycles. The van der Waals surface area contributed by atoms with E-state index in [2.05, 4.69) is 47.3 Å². The molecule has 0 unspecified atom stereocenters. The van der Waals surface area contributed by atoms with Gasteiger partial charge >= 0.3 is 0 Å². The van der Waals surface area contributed by atoms with Gasteiger partial charge in [-0.15, -0.1) is 12.4 Å². The molecule has 0 bridgehead atoms. The summed E-state index contributed by atoms with van der Waals surface area (Å²) in [7, 11) is 0. The Labute approximate surface area is 115 Å². The first-order valence-electron chi connectivity index (χ1n) is 6.68. The van der Waals surface area contributed by atoms with Gasteiger partial charge in [0.05, 0.1) is 0 Å². The van der Waals surface area contributed by atoms with E-state index in [4.69, 9.17) is 0 Å². The maximum Gasteiger partial charge on any atom is 0.0483 e. The number of benzene rings is 1. The van der Waals surface area contributed by atoms with E-state index in [-0.39, 0.29) is 12.4 Å². The molecule has 0 amide bonds. The van der Waals surface area contributed by atoms with Gasteiger partial charge in [0.2, 0.25) is 0 Å². The average Bonchev–Trinajstić information content (AvgIpc) is 3.12. The van der Waals surface area contributed by atoms with Gasteiger partial charge in [-0.05, 0) is 30.9 Å². The van der Waals surface area contributed by atoms with E-state index in [1.165, 1.54) is 35.7 Å². The summed E-state index contributed by atoms with van der Waals surface area (Å²) in [5.41, 5.74) is 2.82. The van der Waals surface area contributed by atoms with Crippen LogP contribution in [0.15, 0.2) is 30.5 Å². The van der Waals surface area contributed by atoms with Crippen molar-refractivity contribution in [3.8, 4) is 0 Å². The Balaban J connectivity index is 0.00000120. The van der Waals surface area contributed by atoms with Crippen LogP contribution in [0.5, 0.6) is 0 Å². The highest BCUT2D eigenvalue weighted by Gasteiger charge is 2.20. The third kappa shape index (κ3) is 2.70. The minimum absolute atomic E-state index is 0. The minimum atomic E-state index is 0. The molecule has 18 heavy (non-hydrogen) atoms. The maximum absolute atomic E-state index is 3.61. The van der Waals surface area contributed by atoms with Crippen LogP contribution < -0.4 is 5.32 Å². The Morgan fingerprint density at radius 1 is 1.28 bits per heavy atom. The number of hydrogen-bond donors (Lipinski definition) is 1. The van der Waals surface area contributed by atoms with Crippen LogP contribution in [0.3, 0.4) is 0 Å². The molecule has 1 aliphatic carbocycles. The van der Waals surface area contributed by atoms with Crippen LogP contribution in [0.25, 0.3) is 10.9 Å². The Hall–Kier alpha value is -0.990. The van der Waals surface area contributed by atoms with E-state index in [0.717, 1.165) is 19.1 Å². The molecule has 3 heteroatoms. The van der Waals surface area contributed by atoms with Crippen LogP contribution in [0, 0.1) is 0 Å². The number of nitrogens with zero attached hydrogens (tertiary/aromatic N) is 1. The van der Waals surface area contributed by atoms with Gasteiger partial charge in [-0.2, -0.15) is 0 Å². The molecule has 0 atom stereocenters. The summed E-state index contributed by atoms with van der Waals surface area (Å²) in [5.74, 6) is 0. The largest absolute Gasteiger partial charge is 0.347 e. The summed E-state index contributed by atoms with van der Waals surface area (Å²) in [4.78, 5) is 0. The predicted molar refractivity (Wildman–Crippen MR) is 79.3 cm³/mol. The second-order valence-corrected chi connectivity index (χ2v) is 5.02. The molecule has 1 fully saturated rings. The molecule has 2 nitrogen and oxygen atoms in total. The van der Waals surface area contributed by atoms with Crippen molar-refractivity contribution in [3.63, 3.8) is 0 Å². The molecular formula is C15H21ClN2. The highest BCUT2D eigenvalue weighted by Crippen LogP contribution is 2.24. The number of nitrogens with one attached hydrogen (secondary N) is 1. The molecule has 98 valence electrons. The van der Waals surface area contributed by atoms with Crippen molar-refractivity contribution < 1.29 is 0 Å². The SMILES string of the molecule is CCCn1cc(CNC2CC2)c2ccccc21.Cl. The number of rotatable bonds is 5. The fraction of sp³-hybridized carbons (Fsp3) is 0.467. The number of aryl methyl sites for hydroxylation is 1. The molecule has 0 spiro atoms. The first-order valence-corrected chi connectivity index (χ1v) is 6.68. The van der Waals surface area contributed by atoms with Crippen molar-refractivity contribution in [1.29, 1.82) is 0 Å². The summed E-state index contributed by atoms with van der Waals surface area (Å²) < 4.78 is 2.39. The van der Waals surface area contributed by atoms with Crippen LogP contribution in [-0.4, -0.2) is 10.6 Å². The van der Waals surface area contributed by atoms with Gasteiger partial charge < -0.3 is 9.88 Å². The number of aromatic nitrogens is 1. The van der Waals surface area contributed by atoms with Gasteiger partial charge in [0.15, 0.2) is 0 Å². The topological polar surface area (TPSA) is 17.0 Å². The van der Waals surface area contributed by atoms with E-state index in [9.17, 15) is 0 Å². The highest BCUT2D eigenvalue weighted by atomic mass is 35.5. The number of para-hydroxylation sites is 1. The van der Waals surface area contributed by atoms with E-state index in [1.807, 2.05) is 0 Å². The number of fused-ring (bicyclic) bond motifs is 1. The summed E-state index contributed by atoms with van der Waals surface area (Å²) in [6.07, 6.45) is 6.22. The molecule has 1 aromatic heterocycles. The monoisotopic (exact) mass is 264 g/mol. The Morgan fingerprint density at radius 3 is 2.78 bits per heavy atom. The molecule has 3 rings (SSSR count). The Bertz CT molecular complexity index is 514. The lowest BCUT2D eigenvalue weighted by atomic mass is 10.2. The fourth-order valence-electron chi connectivity index (χ4n) is 2.43. The van der Waals surface area contributed by atoms with Gasteiger partial charge in [0.1, 0.15) is 0 Å². The van der Waals surface area contributed by atoms with Gasteiger partial charge in [-0.3, -0.25) is 0 Å². The lowest BCUT2D eigenvalue weighted by molar-refractivity contribution is 0.674. The summed E-state index contributed by atoms with van der Waals surface area (Å²) >= 11 is 0. The minimum Gasteiger partial charge on any atom is -0.347 e. The van der Waals surface area contributed by atoms with Crippen LogP contribution in [0.1, 0.15) is 31.7 Å². The average molecular weight is 265 g/mol. The van der Waals surface area contributed by atoms with Crippen molar-refractivity contribution in [2.45, 2.75) is 45.3 Å². The lowest BCUT2D eigenvalue weighted by Gasteiger charge is -2.01. The summed E-state index contributed by atoms with van der Waals surface area (Å²) in [6.45, 7) is 4.36. The molecule has 0 aliphatic heterocycles. The van der Waals surface area contributed by atoms with Crippen LogP contribution in [0.4, 0.5) is 0 Å². The second kappa shape index (κ2) is 5.77. The number of hydrogen-bond acceptors (Lipinski definition) is 1. The van der Waals surface area contributed by atoms with Crippen LogP contribution >= 0.6 is 12.4 Å². The first-order chi connectivity index (χ1) is 8.38. The quantitative estimate of drug-likeness (QED) is 0.871. The predicted octanol–water partition coefficient (Wildman–Crippen LogP) is 3.73. The molecule has 1 aliphatic rings. The highest BCUT2D eigenvalue weighted by molar-refractivity contribution is 5.85. The van der Waals surface area contributed by atoms with E-state index >= 15 is 0 Å². The number of halogens is 1. The summed E-state index contributed by atoms with van der Waals surface area (Å²) in [5, 5.41) is 5.02. The normalized spacial score (nSPS) is 14.7. The third-order valence-corrected chi connectivity index (χ3v) is 3.49. The maximum atomic E-state index is 3.61. The van der Waals surface area contributed by atoms with Crippen molar-refractivity contribution in [2.75, 3.05) is 0 Å². The second-order valence-electron chi connectivity index (χ2n) is 5.02. The zero-order valence-corrected chi connectivity index (χ0v) is 11.7. The Morgan fingerprint density at radius 2 is 2.06 bits per heavy atom. The van der Waals surface area contributed by atoms with Gasteiger partial charge in [-0.25, -0.2) is 0 Å². The zero-order chi connectivity index (χ0) is 11.7. The third-order valence-electron chi connectivity index (χ3n) is 3.49. The molecular weight excluding hydrogens is 244 g/mol. The van der Waals surface area contributed by atoms with Crippen molar-refractivity contribution in [1.82, 2.24) is 9.88 Å². The summed E-state index contributed by atoms with van der Waals surface area (Å²) in [6, 6.07) is 9.52. The molecule has 0 radical (unpaired) electrons. The smallest absolute Gasteiger partial charge is 0.0483 e. The van der Waals surface area contributed by atoms with E-state index < -0.39 is 0 Å². The first kappa shape index (κ1) is 13.4. The molecule has 0 saturated heterocycles. The lowest BCUT2D eigenvalue weighted by Crippen LogP contribution is -2.14. The van der Waals surface area contributed by atoms with Crippen molar-refractivity contribution in [3.05, 3.63) is 36.0 Å². The van der Waals surface area contributed by atoms with E-state index in [0.29, 0.717) is 0 Å². The Kier molecular flexibility index (Phi) is 4.31. The standard InChI is InChI=1S/C15H20N2.ClH/c1-2-9-17-11-12(10-16-13-7-8-13)14-5-3-4-6-15(14)17;/h3-6,11,13,16H,2,7-10H2,1H3;1H. The van der Waals surface area contributed by atoms with Gasteiger partial charge in [0.25, 0.3) is 0 Å². The molecule has 2 aromatic rings. The molecule has 1 heterocycles. The fourth-order valence-corrected chi connectivity index (χ4v) is 2.43. The van der Waals surface area contributed by atoms with Crippen LogP contribution in [0.2, 0.25) is 0 Å².